The van der Waals surface area contributed by atoms with Gasteiger partial charge in [-0.05, 0) is 12.6 Å². The molecule has 0 saturated carbocycles. The van der Waals surface area contributed by atoms with Gasteiger partial charge in [0.05, 0.1) is 25.7 Å². The Morgan fingerprint density at radius 3 is 2.74 bits per heavy atom. The Kier molecular flexibility index (Phi) is 8.22. The Bertz CT molecular complexity index is 637. The first-order valence-electron chi connectivity index (χ1n) is 9.04. The molecule has 1 fully saturated rings. The summed E-state index contributed by atoms with van der Waals surface area (Å²) in [4.78, 5) is 38.4. The smallest absolute Gasteiger partial charge is 0.317 e. The van der Waals surface area contributed by atoms with E-state index in [9.17, 15) is 14.4 Å². The summed E-state index contributed by atoms with van der Waals surface area (Å²) < 4.78 is 5.62. The van der Waals surface area contributed by atoms with Crippen LogP contribution in [0.2, 0.25) is 0 Å². The Balaban J connectivity index is 1.68. The number of morpholine rings is 1. The normalized spacial score (nSPS) is 17.0. The summed E-state index contributed by atoms with van der Waals surface area (Å²) in [6, 6.07) is 9.44. The van der Waals surface area contributed by atoms with Crippen LogP contribution in [-0.2, 0) is 25.5 Å². The number of hydrogen-bond donors (Lipinski definition) is 2. The molecule has 148 valence electrons. The van der Waals surface area contributed by atoms with Crippen LogP contribution in [0.4, 0.5) is 0 Å². The number of likely N-dealkylation sites (N-methyl/N-ethyl adjacent to an activating group) is 1. The van der Waals surface area contributed by atoms with E-state index >= 15 is 0 Å². The third kappa shape index (κ3) is 7.76. The lowest BCUT2D eigenvalue weighted by Gasteiger charge is -2.34. The van der Waals surface area contributed by atoms with Gasteiger partial charge in [0.25, 0.3) is 0 Å². The molecule has 1 atom stereocenters. The number of carboxylic acid groups (broad SMARTS) is 1. The first-order valence-corrected chi connectivity index (χ1v) is 9.04. The maximum Gasteiger partial charge on any atom is 0.317 e. The number of hydrogen-bond acceptors (Lipinski definition) is 5. The zero-order chi connectivity index (χ0) is 19.6. The molecule has 1 aromatic rings. The van der Waals surface area contributed by atoms with Crippen molar-refractivity contribution in [3.63, 3.8) is 0 Å². The monoisotopic (exact) mass is 377 g/mol. The highest BCUT2D eigenvalue weighted by atomic mass is 16.5. The Morgan fingerprint density at radius 2 is 2.04 bits per heavy atom. The number of carbonyl (C=O) groups is 3. The average molecular weight is 377 g/mol. The van der Waals surface area contributed by atoms with Gasteiger partial charge in [0.15, 0.2) is 0 Å². The number of aliphatic carboxylic acids is 1. The second-order valence-electron chi connectivity index (χ2n) is 6.69. The van der Waals surface area contributed by atoms with Crippen LogP contribution in [0.3, 0.4) is 0 Å². The van der Waals surface area contributed by atoms with E-state index in [-0.39, 0.29) is 30.9 Å². The second kappa shape index (κ2) is 10.6. The van der Waals surface area contributed by atoms with Crippen LogP contribution >= 0.6 is 0 Å². The lowest BCUT2D eigenvalue weighted by atomic mass is 10.1. The van der Waals surface area contributed by atoms with Gasteiger partial charge in [0.2, 0.25) is 11.8 Å². The summed E-state index contributed by atoms with van der Waals surface area (Å²) in [7, 11) is 1.71. The zero-order valence-electron chi connectivity index (χ0n) is 15.6. The van der Waals surface area contributed by atoms with E-state index < -0.39 is 5.97 Å². The number of amides is 2. The maximum absolute atomic E-state index is 12.4. The lowest BCUT2D eigenvalue weighted by Crippen LogP contribution is -2.50. The van der Waals surface area contributed by atoms with Crippen LogP contribution in [0.5, 0.6) is 0 Å². The van der Waals surface area contributed by atoms with Crippen LogP contribution < -0.4 is 5.32 Å². The van der Waals surface area contributed by atoms with Crippen LogP contribution in [0.1, 0.15) is 12.0 Å². The lowest BCUT2D eigenvalue weighted by molar-refractivity contribution is -0.142. The first-order chi connectivity index (χ1) is 12.9. The largest absolute Gasteiger partial charge is 0.480 e. The molecule has 1 aliphatic heterocycles. The molecule has 1 saturated heterocycles. The van der Waals surface area contributed by atoms with Crippen molar-refractivity contribution in [2.24, 2.45) is 0 Å². The number of nitrogens with zero attached hydrogens (tertiary/aromatic N) is 2. The minimum Gasteiger partial charge on any atom is -0.480 e. The van der Waals surface area contributed by atoms with E-state index in [4.69, 9.17) is 9.84 Å². The van der Waals surface area contributed by atoms with Crippen molar-refractivity contribution >= 4 is 17.8 Å². The van der Waals surface area contributed by atoms with Crippen LogP contribution in [0, 0.1) is 0 Å². The second-order valence-corrected chi connectivity index (χ2v) is 6.69. The summed E-state index contributed by atoms with van der Waals surface area (Å²) in [5, 5.41) is 11.6. The van der Waals surface area contributed by atoms with E-state index in [2.05, 4.69) is 5.32 Å². The quantitative estimate of drug-likeness (QED) is 0.628. The predicted molar refractivity (Wildman–Crippen MR) is 99.2 cm³/mol. The minimum atomic E-state index is -0.896. The number of rotatable bonds is 9. The van der Waals surface area contributed by atoms with Crippen molar-refractivity contribution < 1.29 is 24.2 Å². The van der Waals surface area contributed by atoms with Gasteiger partial charge in [-0.25, -0.2) is 0 Å². The summed E-state index contributed by atoms with van der Waals surface area (Å²) in [6.45, 7) is 2.05. The van der Waals surface area contributed by atoms with Crippen molar-refractivity contribution in [2.75, 3.05) is 46.4 Å². The van der Waals surface area contributed by atoms with Gasteiger partial charge >= 0.3 is 5.97 Å². The molecule has 0 radical (unpaired) electrons. The van der Waals surface area contributed by atoms with Gasteiger partial charge in [-0.15, -0.1) is 0 Å². The molecule has 0 aliphatic carbocycles. The molecule has 27 heavy (non-hydrogen) atoms. The molecule has 2 rings (SSSR count). The van der Waals surface area contributed by atoms with Gasteiger partial charge in [-0.2, -0.15) is 0 Å². The third-order valence-electron chi connectivity index (χ3n) is 4.28. The summed E-state index contributed by atoms with van der Waals surface area (Å²) >= 11 is 0. The summed E-state index contributed by atoms with van der Waals surface area (Å²) in [6.07, 6.45) is 0.322. The number of carboxylic acids is 1. The number of nitrogens with one attached hydrogen (secondary N) is 1. The van der Waals surface area contributed by atoms with E-state index in [0.717, 1.165) is 5.56 Å². The molecule has 1 heterocycles. The maximum atomic E-state index is 12.4. The molecule has 0 bridgehead atoms. The van der Waals surface area contributed by atoms with E-state index in [1.165, 1.54) is 0 Å². The SMILES string of the molecule is CN(CC(=O)O)CC1CN(C(=O)CCNC(=O)Cc2ccccc2)CCO1. The molecule has 0 spiro atoms. The highest BCUT2D eigenvalue weighted by Crippen LogP contribution is 2.08. The van der Waals surface area contributed by atoms with E-state index in [1.54, 1.807) is 16.8 Å². The molecule has 2 N–H and O–H groups in total. The number of ether oxygens (including phenoxy) is 1. The van der Waals surface area contributed by atoms with Gasteiger partial charge in [0, 0.05) is 32.6 Å². The Labute approximate surface area is 159 Å². The van der Waals surface area contributed by atoms with Crippen LogP contribution in [0.15, 0.2) is 30.3 Å². The van der Waals surface area contributed by atoms with Crippen molar-refractivity contribution in [1.82, 2.24) is 15.1 Å². The fourth-order valence-electron chi connectivity index (χ4n) is 3.01. The standard InChI is InChI=1S/C19H27N3O5/c1-21(14-19(25)26)12-16-13-22(9-10-27-16)18(24)7-8-20-17(23)11-15-5-3-2-4-6-15/h2-6,16H,7-14H2,1H3,(H,20,23)(H,25,26). The molecule has 1 unspecified atom stereocenters. The number of benzene rings is 1. The highest BCUT2D eigenvalue weighted by molar-refractivity contribution is 5.80. The van der Waals surface area contributed by atoms with Gasteiger partial charge in [-0.3, -0.25) is 19.3 Å². The highest BCUT2D eigenvalue weighted by Gasteiger charge is 2.25. The molecule has 1 aromatic carbocycles. The molecule has 0 aromatic heterocycles. The Hall–Kier alpha value is -2.45. The minimum absolute atomic E-state index is 0.0378. The van der Waals surface area contributed by atoms with Gasteiger partial charge in [0.1, 0.15) is 0 Å². The van der Waals surface area contributed by atoms with Crippen molar-refractivity contribution in [3.05, 3.63) is 35.9 Å². The molecular weight excluding hydrogens is 350 g/mol. The summed E-state index contributed by atoms with van der Waals surface area (Å²) in [5.74, 6) is -1.04. The van der Waals surface area contributed by atoms with Crippen LogP contribution in [0.25, 0.3) is 0 Å². The third-order valence-corrected chi connectivity index (χ3v) is 4.28. The fraction of sp³-hybridized carbons (Fsp3) is 0.526. The molecule has 1 aliphatic rings. The average Bonchev–Trinajstić information content (AvgIpc) is 2.62. The molecule has 2 amide bonds. The van der Waals surface area contributed by atoms with Crippen molar-refractivity contribution in [3.8, 4) is 0 Å². The topological polar surface area (TPSA) is 99.2 Å². The first kappa shape index (κ1) is 20.9. The number of carbonyl (C=O) groups excluding carboxylic acids is 2. The van der Waals surface area contributed by atoms with Crippen LogP contribution in [-0.4, -0.2) is 85.2 Å². The molecule has 8 heteroatoms. The molecular formula is C19H27N3O5. The van der Waals surface area contributed by atoms with Crippen molar-refractivity contribution in [1.29, 1.82) is 0 Å². The molecule has 8 nitrogen and oxygen atoms in total. The Morgan fingerprint density at radius 1 is 1.30 bits per heavy atom. The predicted octanol–water partition coefficient (Wildman–Crippen LogP) is -0.0208. The summed E-state index contributed by atoms with van der Waals surface area (Å²) in [5.41, 5.74) is 0.933. The van der Waals surface area contributed by atoms with Crippen molar-refractivity contribution in [2.45, 2.75) is 18.9 Å². The van der Waals surface area contributed by atoms with Gasteiger partial charge in [-0.1, -0.05) is 30.3 Å². The van der Waals surface area contributed by atoms with Gasteiger partial charge < -0.3 is 20.1 Å². The fourth-order valence-corrected chi connectivity index (χ4v) is 3.01. The van der Waals surface area contributed by atoms with E-state index in [0.29, 0.717) is 39.2 Å². The van der Waals surface area contributed by atoms with E-state index in [1.807, 2.05) is 30.3 Å². The zero-order valence-corrected chi connectivity index (χ0v) is 15.6.